The fraction of sp³-hybridized carbons (Fsp3) is 0.912. The van der Waals surface area contributed by atoms with Gasteiger partial charge in [-0.25, -0.2) is 4.79 Å². The van der Waals surface area contributed by atoms with Crippen molar-refractivity contribution in [2.24, 2.45) is 0 Å². The third-order valence-corrected chi connectivity index (χ3v) is 7.47. The summed E-state index contributed by atoms with van der Waals surface area (Å²) in [5.41, 5.74) is 0. The first-order chi connectivity index (χ1) is 17.8. The van der Waals surface area contributed by atoms with Crippen molar-refractivity contribution >= 4 is 5.97 Å². The lowest BCUT2D eigenvalue weighted by Crippen LogP contribution is -2.02. The fourth-order valence-electron chi connectivity index (χ4n) is 4.98. The fourth-order valence-corrected chi connectivity index (χ4v) is 4.98. The molecular weight excluding hydrogens is 440 g/mol. The van der Waals surface area contributed by atoms with Crippen molar-refractivity contribution in [3.63, 3.8) is 0 Å². The van der Waals surface area contributed by atoms with Gasteiger partial charge < -0.3 is 4.74 Å². The van der Waals surface area contributed by atoms with Crippen molar-refractivity contribution in [1.29, 1.82) is 0 Å². The molecule has 0 radical (unpaired) electrons. The van der Waals surface area contributed by atoms with Crippen molar-refractivity contribution in [2.75, 3.05) is 6.61 Å². The summed E-state index contributed by atoms with van der Waals surface area (Å²) < 4.78 is 5.34. The van der Waals surface area contributed by atoms with Crippen molar-refractivity contribution < 1.29 is 9.53 Å². The van der Waals surface area contributed by atoms with Crippen molar-refractivity contribution in [3.05, 3.63) is 12.2 Å². The van der Waals surface area contributed by atoms with E-state index >= 15 is 0 Å². The first kappa shape index (κ1) is 35.2. The lowest BCUT2D eigenvalue weighted by Gasteiger charge is -2.04. The molecular formula is C34H66O2. The zero-order chi connectivity index (χ0) is 26.2. The van der Waals surface area contributed by atoms with Crippen LogP contribution in [0, 0.1) is 0 Å². The number of hydrogen-bond acceptors (Lipinski definition) is 2. The molecule has 0 bridgehead atoms. The van der Waals surface area contributed by atoms with Crippen molar-refractivity contribution in [2.45, 2.75) is 194 Å². The second kappa shape index (κ2) is 32.2. The predicted molar refractivity (Wildman–Crippen MR) is 161 cm³/mol. The van der Waals surface area contributed by atoms with Gasteiger partial charge >= 0.3 is 5.97 Å². The SMILES string of the molecule is CCCCCCCCCCCCCCCCCC=CC(=O)OCCCCCCCCCCCCCC. The number of carbonyl (C=O) groups excluding carboxylic acids is 1. The van der Waals surface area contributed by atoms with E-state index < -0.39 is 0 Å². The minimum atomic E-state index is -0.154. The maximum absolute atomic E-state index is 11.8. The summed E-state index contributed by atoms with van der Waals surface area (Å²) in [4.78, 5) is 11.8. The molecule has 0 aliphatic rings. The Balaban J connectivity index is 3.21. The zero-order valence-corrected chi connectivity index (χ0v) is 25.0. The van der Waals surface area contributed by atoms with E-state index in [1.54, 1.807) is 6.08 Å². The van der Waals surface area contributed by atoms with Crippen LogP contribution in [0.1, 0.15) is 194 Å². The van der Waals surface area contributed by atoms with E-state index in [0.29, 0.717) is 6.61 Å². The van der Waals surface area contributed by atoms with Crippen LogP contribution in [0.3, 0.4) is 0 Å². The molecule has 36 heavy (non-hydrogen) atoms. The van der Waals surface area contributed by atoms with E-state index in [0.717, 1.165) is 12.8 Å². The number of rotatable bonds is 30. The summed E-state index contributed by atoms with van der Waals surface area (Å²) in [6.45, 7) is 5.15. The van der Waals surface area contributed by atoms with Gasteiger partial charge in [0.05, 0.1) is 6.61 Å². The monoisotopic (exact) mass is 507 g/mol. The third kappa shape index (κ3) is 31.2. The van der Waals surface area contributed by atoms with Gasteiger partial charge in [-0.15, -0.1) is 0 Å². The summed E-state index contributed by atoms with van der Waals surface area (Å²) in [6.07, 6.45) is 41.5. The van der Waals surface area contributed by atoms with Gasteiger partial charge in [-0.1, -0.05) is 180 Å². The van der Waals surface area contributed by atoms with Gasteiger partial charge in [-0.3, -0.25) is 0 Å². The standard InChI is InChI=1S/C34H66O2/c1-3-5-7-9-11-13-15-17-18-19-20-21-22-24-26-28-30-32-34(35)36-33-31-29-27-25-23-16-14-12-10-8-6-4-2/h30,32H,3-29,31,33H2,1-2H3. The van der Waals surface area contributed by atoms with Crippen LogP contribution in [-0.4, -0.2) is 12.6 Å². The van der Waals surface area contributed by atoms with Crippen molar-refractivity contribution in [1.82, 2.24) is 0 Å². The van der Waals surface area contributed by atoms with Crippen LogP contribution >= 0.6 is 0 Å². The lowest BCUT2D eigenvalue weighted by molar-refractivity contribution is -0.137. The molecule has 0 saturated heterocycles. The van der Waals surface area contributed by atoms with Gasteiger partial charge in [0.25, 0.3) is 0 Å². The van der Waals surface area contributed by atoms with Crippen LogP contribution in [0.25, 0.3) is 0 Å². The molecule has 0 aliphatic carbocycles. The van der Waals surface area contributed by atoms with Gasteiger partial charge in [0.1, 0.15) is 0 Å². The molecule has 0 spiro atoms. The molecule has 0 amide bonds. The van der Waals surface area contributed by atoms with Crippen LogP contribution < -0.4 is 0 Å². The topological polar surface area (TPSA) is 26.3 Å². The van der Waals surface area contributed by atoms with Crippen LogP contribution in [0.5, 0.6) is 0 Å². The molecule has 0 heterocycles. The van der Waals surface area contributed by atoms with Crippen LogP contribution in [0.4, 0.5) is 0 Å². The smallest absolute Gasteiger partial charge is 0.330 e. The molecule has 0 aliphatic heterocycles. The normalized spacial score (nSPS) is 11.5. The Morgan fingerprint density at radius 3 is 1.11 bits per heavy atom. The highest BCUT2D eigenvalue weighted by molar-refractivity contribution is 5.81. The zero-order valence-electron chi connectivity index (χ0n) is 25.0. The molecule has 0 saturated carbocycles. The van der Waals surface area contributed by atoms with E-state index in [1.807, 2.05) is 6.08 Å². The first-order valence-electron chi connectivity index (χ1n) is 16.6. The molecule has 0 aromatic rings. The number of unbranched alkanes of at least 4 members (excludes halogenated alkanes) is 26. The van der Waals surface area contributed by atoms with Crippen LogP contribution in [-0.2, 0) is 9.53 Å². The Hall–Kier alpha value is -0.790. The Morgan fingerprint density at radius 1 is 0.444 bits per heavy atom. The Labute approximate surface area is 227 Å². The maximum Gasteiger partial charge on any atom is 0.330 e. The maximum atomic E-state index is 11.8. The number of hydrogen-bond donors (Lipinski definition) is 0. The minimum Gasteiger partial charge on any atom is -0.463 e. The number of carbonyl (C=O) groups is 1. The molecule has 0 N–H and O–H groups in total. The average Bonchev–Trinajstić information content (AvgIpc) is 2.88. The molecule has 0 rings (SSSR count). The molecule has 0 fully saturated rings. The van der Waals surface area contributed by atoms with Gasteiger partial charge in [0.15, 0.2) is 0 Å². The summed E-state index contributed by atoms with van der Waals surface area (Å²) in [6, 6.07) is 0. The van der Waals surface area contributed by atoms with Gasteiger partial charge in [-0.05, 0) is 19.3 Å². The van der Waals surface area contributed by atoms with Crippen LogP contribution in [0.15, 0.2) is 12.2 Å². The number of ether oxygens (including phenoxy) is 1. The van der Waals surface area contributed by atoms with E-state index in [-0.39, 0.29) is 5.97 Å². The highest BCUT2D eigenvalue weighted by atomic mass is 16.5. The van der Waals surface area contributed by atoms with Crippen LogP contribution in [0.2, 0.25) is 0 Å². The molecule has 0 unspecified atom stereocenters. The van der Waals surface area contributed by atoms with E-state index in [2.05, 4.69) is 13.8 Å². The molecule has 214 valence electrons. The Kier molecular flexibility index (Phi) is 31.5. The summed E-state index contributed by atoms with van der Waals surface area (Å²) in [5.74, 6) is -0.154. The predicted octanol–water partition coefficient (Wildman–Crippen LogP) is 12.0. The average molecular weight is 507 g/mol. The molecule has 0 aromatic carbocycles. The lowest BCUT2D eigenvalue weighted by atomic mass is 10.0. The second-order valence-electron chi connectivity index (χ2n) is 11.2. The largest absolute Gasteiger partial charge is 0.463 e. The number of esters is 1. The second-order valence-corrected chi connectivity index (χ2v) is 11.2. The summed E-state index contributed by atoms with van der Waals surface area (Å²) >= 11 is 0. The Bertz CT molecular complexity index is 442. The highest BCUT2D eigenvalue weighted by Gasteiger charge is 1.98. The van der Waals surface area contributed by atoms with Gasteiger partial charge in [0.2, 0.25) is 0 Å². The highest BCUT2D eigenvalue weighted by Crippen LogP contribution is 2.14. The minimum absolute atomic E-state index is 0.154. The molecule has 0 atom stereocenters. The summed E-state index contributed by atoms with van der Waals surface area (Å²) in [5, 5.41) is 0. The molecule has 0 aromatic heterocycles. The van der Waals surface area contributed by atoms with E-state index in [9.17, 15) is 4.79 Å². The van der Waals surface area contributed by atoms with Gasteiger partial charge in [0, 0.05) is 6.08 Å². The van der Waals surface area contributed by atoms with E-state index in [4.69, 9.17) is 4.74 Å². The summed E-state index contributed by atoms with van der Waals surface area (Å²) in [7, 11) is 0. The first-order valence-corrected chi connectivity index (χ1v) is 16.6. The number of allylic oxidation sites excluding steroid dienone is 1. The van der Waals surface area contributed by atoms with E-state index in [1.165, 1.54) is 167 Å². The van der Waals surface area contributed by atoms with Gasteiger partial charge in [-0.2, -0.15) is 0 Å². The third-order valence-electron chi connectivity index (χ3n) is 7.47. The van der Waals surface area contributed by atoms with Crippen molar-refractivity contribution in [3.8, 4) is 0 Å². The molecule has 2 heteroatoms. The molecule has 2 nitrogen and oxygen atoms in total. The quantitative estimate of drug-likeness (QED) is 0.0550. The Morgan fingerprint density at radius 2 is 0.750 bits per heavy atom.